The van der Waals surface area contributed by atoms with Crippen molar-refractivity contribution in [2.45, 2.75) is 52.1 Å². The van der Waals surface area contributed by atoms with Crippen molar-refractivity contribution in [3.63, 3.8) is 0 Å². The predicted octanol–water partition coefficient (Wildman–Crippen LogP) is 5.54. The lowest BCUT2D eigenvalue weighted by molar-refractivity contribution is -0.143. The molecule has 0 saturated carbocycles. The zero-order chi connectivity index (χ0) is 27.0. The number of hydrogen-bond acceptors (Lipinski definition) is 8. The van der Waals surface area contributed by atoms with Crippen molar-refractivity contribution in [3.05, 3.63) is 78.0 Å². The summed E-state index contributed by atoms with van der Waals surface area (Å²) in [5.41, 5.74) is 1.03. The van der Waals surface area contributed by atoms with Gasteiger partial charge in [-0.1, -0.05) is 30.3 Å². The summed E-state index contributed by atoms with van der Waals surface area (Å²) in [5.74, 6) is -0.621. The van der Waals surface area contributed by atoms with Crippen LogP contribution in [0.1, 0.15) is 62.0 Å². The van der Waals surface area contributed by atoms with Gasteiger partial charge in [-0.3, -0.25) is 9.59 Å². The molecular weight excluding hydrogens is 476 g/mol. The van der Waals surface area contributed by atoms with E-state index in [9.17, 15) is 14.4 Å². The van der Waals surface area contributed by atoms with E-state index in [1.54, 1.807) is 59.0 Å². The number of hydrogen-bond donors (Lipinski definition) is 0. The van der Waals surface area contributed by atoms with E-state index in [1.807, 2.05) is 30.3 Å². The molecule has 1 unspecified atom stereocenters. The first-order valence-corrected chi connectivity index (χ1v) is 12.0. The molecule has 37 heavy (non-hydrogen) atoms. The van der Waals surface area contributed by atoms with E-state index in [4.69, 9.17) is 18.6 Å². The number of ether oxygens (including phenoxy) is 3. The molecule has 0 saturated heterocycles. The fourth-order valence-corrected chi connectivity index (χ4v) is 3.53. The highest BCUT2D eigenvalue weighted by Crippen LogP contribution is 2.27. The van der Waals surface area contributed by atoms with Crippen molar-refractivity contribution < 1.29 is 33.0 Å². The Balaban J connectivity index is 1.74. The summed E-state index contributed by atoms with van der Waals surface area (Å²) in [6, 6.07) is 16.0. The number of anilines is 1. The Labute approximate surface area is 216 Å². The zero-order valence-electron chi connectivity index (χ0n) is 21.7. The summed E-state index contributed by atoms with van der Waals surface area (Å²) < 4.78 is 21.2. The summed E-state index contributed by atoms with van der Waals surface area (Å²) in [4.78, 5) is 43.0. The Morgan fingerprint density at radius 2 is 1.70 bits per heavy atom. The lowest BCUT2D eigenvalue weighted by Gasteiger charge is -2.18. The maximum Gasteiger partial charge on any atom is 0.514 e. The molecule has 1 aromatic heterocycles. The molecule has 9 nitrogen and oxygen atoms in total. The minimum absolute atomic E-state index is 0.0205. The number of amides is 1. The summed E-state index contributed by atoms with van der Waals surface area (Å²) in [5, 5.41) is 0. The Morgan fingerprint density at radius 1 is 1.03 bits per heavy atom. The molecular formula is C28H32N2O7. The average molecular weight is 509 g/mol. The van der Waals surface area contributed by atoms with Gasteiger partial charge in [0.1, 0.15) is 17.6 Å². The van der Waals surface area contributed by atoms with E-state index in [-0.39, 0.29) is 30.5 Å². The number of esters is 1. The third-order valence-corrected chi connectivity index (χ3v) is 5.25. The fourth-order valence-electron chi connectivity index (χ4n) is 3.53. The van der Waals surface area contributed by atoms with Crippen LogP contribution in [0.4, 0.5) is 10.5 Å². The van der Waals surface area contributed by atoms with Gasteiger partial charge in [-0.2, -0.15) is 0 Å². The number of para-hydroxylation sites is 1. The standard InChI is InChI=1S/C28H32N2O7/c1-6-34-24(31)17-20(16-19-12-14-22(15-13-19)36-27(33)37-28(2,3)4)25-29-23(18-35-25)26(32)30(5)21-10-8-7-9-11-21/h7-15,18,20H,6,16-17H2,1-5H3. The van der Waals surface area contributed by atoms with Crippen LogP contribution in [0, 0.1) is 0 Å². The van der Waals surface area contributed by atoms with Gasteiger partial charge in [-0.05, 0) is 63.9 Å². The van der Waals surface area contributed by atoms with Gasteiger partial charge in [0.2, 0.25) is 0 Å². The molecule has 1 heterocycles. The first-order chi connectivity index (χ1) is 17.6. The van der Waals surface area contributed by atoms with Crippen molar-refractivity contribution in [2.75, 3.05) is 18.6 Å². The number of nitrogens with zero attached hydrogens (tertiary/aromatic N) is 2. The van der Waals surface area contributed by atoms with Crippen LogP contribution < -0.4 is 9.64 Å². The van der Waals surface area contributed by atoms with Crippen LogP contribution in [0.3, 0.4) is 0 Å². The smallest absolute Gasteiger partial charge is 0.466 e. The fraction of sp³-hybridized carbons (Fsp3) is 0.357. The van der Waals surface area contributed by atoms with Crippen LogP contribution in [-0.4, -0.2) is 42.3 Å². The van der Waals surface area contributed by atoms with E-state index in [1.165, 1.54) is 11.2 Å². The van der Waals surface area contributed by atoms with Gasteiger partial charge in [0.05, 0.1) is 18.9 Å². The third-order valence-electron chi connectivity index (χ3n) is 5.25. The molecule has 3 aromatic rings. The summed E-state index contributed by atoms with van der Waals surface area (Å²) in [7, 11) is 1.66. The largest absolute Gasteiger partial charge is 0.514 e. The highest BCUT2D eigenvalue weighted by atomic mass is 16.7. The van der Waals surface area contributed by atoms with Gasteiger partial charge in [0.15, 0.2) is 11.6 Å². The van der Waals surface area contributed by atoms with Crippen molar-refractivity contribution in [1.82, 2.24) is 4.98 Å². The van der Waals surface area contributed by atoms with Gasteiger partial charge >= 0.3 is 12.1 Å². The lowest BCUT2D eigenvalue weighted by Crippen LogP contribution is -2.26. The van der Waals surface area contributed by atoms with E-state index in [0.717, 1.165) is 5.56 Å². The molecule has 1 amide bonds. The molecule has 0 aliphatic carbocycles. The molecule has 2 aromatic carbocycles. The minimum Gasteiger partial charge on any atom is -0.466 e. The quantitative estimate of drug-likeness (QED) is 0.274. The van der Waals surface area contributed by atoms with Crippen LogP contribution >= 0.6 is 0 Å². The van der Waals surface area contributed by atoms with Crippen molar-refractivity contribution in [3.8, 4) is 5.75 Å². The Hall–Kier alpha value is -4.14. The molecule has 1 atom stereocenters. The van der Waals surface area contributed by atoms with E-state index < -0.39 is 23.6 Å². The first-order valence-electron chi connectivity index (χ1n) is 12.0. The third kappa shape index (κ3) is 8.20. The van der Waals surface area contributed by atoms with Gasteiger partial charge in [-0.25, -0.2) is 9.78 Å². The normalized spacial score (nSPS) is 11.9. The summed E-state index contributed by atoms with van der Waals surface area (Å²) >= 11 is 0. The monoisotopic (exact) mass is 508 g/mol. The molecule has 3 rings (SSSR count). The second-order valence-electron chi connectivity index (χ2n) is 9.39. The summed E-state index contributed by atoms with van der Waals surface area (Å²) in [6.45, 7) is 7.24. The summed E-state index contributed by atoms with van der Waals surface area (Å²) in [6.07, 6.45) is 0.909. The van der Waals surface area contributed by atoms with E-state index in [2.05, 4.69) is 4.98 Å². The Kier molecular flexibility index (Phi) is 9.05. The predicted molar refractivity (Wildman–Crippen MR) is 137 cm³/mol. The van der Waals surface area contributed by atoms with Gasteiger partial charge < -0.3 is 23.5 Å². The van der Waals surface area contributed by atoms with Crippen LogP contribution in [-0.2, 0) is 20.7 Å². The number of benzene rings is 2. The number of rotatable bonds is 9. The maximum absolute atomic E-state index is 12.9. The number of oxazole rings is 1. The molecule has 0 fully saturated rings. The molecule has 0 bridgehead atoms. The maximum atomic E-state index is 12.9. The minimum atomic E-state index is -0.794. The zero-order valence-corrected chi connectivity index (χ0v) is 21.7. The van der Waals surface area contributed by atoms with Gasteiger partial charge in [-0.15, -0.1) is 0 Å². The van der Waals surface area contributed by atoms with Crippen LogP contribution in [0.5, 0.6) is 5.75 Å². The number of aromatic nitrogens is 1. The average Bonchev–Trinajstić information content (AvgIpc) is 3.34. The van der Waals surface area contributed by atoms with Crippen LogP contribution in [0.25, 0.3) is 0 Å². The SMILES string of the molecule is CCOC(=O)CC(Cc1ccc(OC(=O)OC(C)(C)C)cc1)c1nc(C(=O)N(C)c2ccccc2)co1. The van der Waals surface area contributed by atoms with Crippen molar-refractivity contribution >= 4 is 23.7 Å². The van der Waals surface area contributed by atoms with E-state index in [0.29, 0.717) is 17.9 Å². The molecule has 0 N–H and O–H groups in total. The number of carbonyl (C=O) groups excluding carboxylic acids is 3. The highest BCUT2D eigenvalue weighted by Gasteiger charge is 2.26. The van der Waals surface area contributed by atoms with Crippen LogP contribution in [0.15, 0.2) is 65.3 Å². The van der Waals surface area contributed by atoms with Crippen molar-refractivity contribution in [1.29, 1.82) is 0 Å². The highest BCUT2D eigenvalue weighted by molar-refractivity contribution is 6.04. The number of carbonyl (C=O) groups is 3. The Morgan fingerprint density at radius 3 is 2.32 bits per heavy atom. The van der Waals surface area contributed by atoms with Gasteiger partial charge in [0, 0.05) is 12.7 Å². The second kappa shape index (κ2) is 12.2. The molecule has 196 valence electrons. The first kappa shape index (κ1) is 27.4. The molecule has 0 aliphatic rings. The molecule has 0 aliphatic heterocycles. The molecule has 0 radical (unpaired) electrons. The molecule has 0 spiro atoms. The van der Waals surface area contributed by atoms with Gasteiger partial charge in [0.25, 0.3) is 5.91 Å². The van der Waals surface area contributed by atoms with Crippen molar-refractivity contribution in [2.24, 2.45) is 0 Å². The Bertz CT molecular complexity index is 1200. The lowest BCUT2D eigenvalue weighted by atomic mass is 9.96. The van der Waals surface area contributed by atoms with E-state index >= 15 is 0 Å². The van der Waals surface area contributed by atoms with Crippen LogP contribution in [0.2, 0.25) is 0 Å². The topological polar surface area (TPSA) is 108 Å². The molecule has 9 heteroatoms. The second-order valence-corrected chi connectivity index (χ2v) is 9.39.